The molecule has 20 heavy (non-hydrogen) atoms. The summed E-state index contributed by atoms with van der Waals surface area (Å²) in [4.78, 5) is 22.0. The Morgan fingerprint density at radius 1 is 1.05 bits per heavy atom. The molecule has 0 aromatic rings. The molecule has 2 aliphatic rings. The summed E-state index contributed by atoms with van der Waals surface area (Å²) < 4.78 is 0. The second-order valence-electron chi connectivity index (χ2n) is 5.58. The number of ketones is 2. The van der Waals surface area contributed by atoms with Crippen LogP contribution in [0.5, 0.6) is 0 Å². The number of aliphatic hydroxyl groups is 2. The fourth-order valence-electron chi connectivity index (χ4n) is 2.57. The molecule has 2 N–H and O–H groups in total. The summed E-state index contributed by atoms with van der Waals surface area (Å²) in [5, 5.41) is 18.3. The number of hydrogen-bond donors (Lipinski definition) is 2. The lowest BCUT2D eigenvalue weighted by molar-refractivity contribution is -0.121. The van der Waals surface area contributed by atoms with E-state index in [1.807, 2.05) is 27.7 Å². The number of Topliss-reactive ketones (excluding diaryl/α,β-unsaturated/α-hetero) is 2. The van der Waals surface area contributed by atoms with Gasteiger partial charge in [-0.3, -0.25) is 9.59 Å². The monoisotopic (exact) mass is 280 g/mol. The third-order valence-electron chi connectivity index (χ3n) is 4.05. The van der Waals surface area contributed by atoms with E-state index in [4.69, 9.17) is 10.2 Å². The van der Waals surface area contributed by atoms with Crippen molar-refractivity contribution in [3.8, 4) is 0 Å². The van der Waals surface area contributed by atoms with Gasteiger partial charge in [-0.25, -0.2) is 0 Å². The van der Waals surface area contributed by atoms with Crippen LogP contribution in [0.25, 0.3) is 0 Å². The van der Waals surface area contributed by atoms with E-state index >= 15 is 0 Å². The highest BCUT2D eigenvalue weighted by Gasteiger charge is 2.29. The molecule has 2 rings (SSSR count). The fourth-order valence-corrected chi connectivity index (χ4v) is 2.57. The molecule has 2 aliphatic carbocycles. The maximum atomic E-state index is 11.0. The Labute approximate surface area is 120 Å². The Morgan fingerprint density at radius 2 is 1.65 bits per heavy atom. The molecule has 2 unspecified atom stereocenters. The number of rotatable bonds is 2. The first-order chi connectivity index (χ1) is 9.33. The minimum Gasteiger partial charge on any atom is -0.504 e. The molecule has 0 radical (unpaired) electrons. The molecule has 0 aromatic heterocycles. The predicted octanol–water partition coefficient (Wildman–Crippen LogP) is 3.63. The quantitative estimate of drug-likeness (QED) is 0.810. The van der Waals surface area contributed by atoms with Gasteiger partial charge in [-0.2, -0.15) is 0 Å². The Balaban J connectivity index is 0.000000200. The minimum atomic E-state index is -0.0862. The van der Waals surface area contributed by atoms with E-state index < -0.39 is 0 Å². The smallest absolute Gasteiger partial charge is 0.200 e. The standard InChI is InChI=1S/2C8H12O2/c2*1-3-6-4-5(2)7(9)8(6)10/h6,9H,3-4H2,1-2H3;5,10H,3-4H2,1-2H3. The highest BCUT2D eigenvalue weighted by atomic mass is 16.3. The van der Waals surface area contributed by atoms with Crippen LogP contribution in [-0.2, 0) is 9.59 Å². The zero-order valence-corrected chi connectivity index (χ0v) is 12.7. The lowest BCUT2D eigenvalue weighted by atomic mass is 10.0. The summed E-state index contributed by atoms with van der Waals surface area (Å²) in [6, 6.07) is 0. The van der Waals surface area contributed by atoms with Gasteiger partial charge in [0.1, 0.15) is 0 Å². The summed E-state index contributed by atoms with van der Waals surface area (Å²) in [5.74, 6) is -0.0614. The summed E-state index contributed by atoms with van der Waals surface area (Å²) >= 11 is 0. The van der Waals surface area contributed by atoms with Crippen molar-refractivity contribution >= 4 is 11.6 Å². The van der Waals surface area contributed by atoms with Gasteiger partial charge in [0, 0.05) is 11.8 Å². The first-order valence-electron chi connectivity index (χ1n) is 7.21. The Bertz CT molecular complexity index is 471. The normalized spacial score (nSPS) is 26.2. The van der Waals surface area contributed by atoms with Crippen LogP contribution in [0.3, 0.4) is 0 Å². The summed E-state index contributed by atoms with van der Waals surface area (Å²) in [6.45, 7) is 7.58. The predicted molar refractivity (Wildman–Crippen MR) is 77.5 cm³/mol. The van der Waals surface area contributed by atoms with Gasteiger partial charge < -0.3 is 10.2 Å². The molecule has 0 heterocycles. The van der Waals surface area contributed by atoms with Gasteiger partial charge in [0.25, 0.3) is 0 Å². The van der Waals surface area contributed by atoms with Gasteiger partial charge >= 0.3 is 0 Å². The fraction of sp³-hybridized carbons (Fsp3) is 0.625. The number of carbonyl (C=O) groups excluding carboxylic acids is 2. The molecule has 4 nitrogen and oxygen atoms in total. The first-order valence-corrected chi connectivity index (χ1v) is 7.21. The molecule has 0 amide bonds. The molecule has 0 aromatic carbocycles. The molecule has 0 saturated carbocycles. The van der Waals surface area contributed by atoms with E-state index in [1.165, 1.54) is 0 Å². The maximum Gasteiger partial charge on any atom is 0.200 e. The van der Waals surface area contributed by atoms with Crippen molar-refractivity contribution in [3.63, 3.8) is 0 Å². The van der Waals surface area contributed by atoms with Crippen molar-refractivity contribution in [2.24, 2.45) is 11.8 Å². The van der Waals surface area contributed by atoms with E-state index in [2.05, 4.69) is 0 Å². The van der Waals surface area contributed by atoms with Crippen LogP contribution >= 0.6 is 0 Å². The molecule has 2 atom stereocenters. The third-order valence-corrected chi connectivity index (χ3v) is 4.05. The van der Waals surface area contributed by atoms with E-state index in [9.17, 15) is 9.59 Å². The van der Waals surface area contributed by atoms with Crippen LogP contribution in [0.15, 0.2) is 22.7 Å². The van der Waals surface area contributed by atoms with Crippen molar-refractivity contribution in [1.82, 2.24) is 0 Å². The summed E-state index contributed by atoms with van der Waals surface area (Å²) in [7, 11) is 0. The highest BCUT2D eigenvalue weighted by Crippen LogP contribution is 2.28. The van der Waals surface area contributed by atoms with Crippen LogP contribution in [-0.4, -0.2) is 21.8 Å². The van der Waals surface area contributed by atoms with E-state index in [0.29, 0.717) is 0 Å². The Kier molecular flexibility index (Phi) is 5.54. The average Bonchev–Trinajstić information content (AvgIpc) is 2.84. The largest absolute Gasteiger partial charge is 0.504 e. The van der Waals surface area contributed by atoms with Crippen molar-refractivity contribution in [3.05, 3.63) is 22.7 Å². The lowest BCUT2D eigenvalue weighted by Gasteiger charge is -2.00. The molecular weight excluding hydrogens is 256 g/mol. The minimum absolute atomic E-state index is 0.00634. The zero-order valence-electron chi connectivity index (χ0n) is 12.7. The molecule has 4 heteroatoms. The molecule has 0 saturated heterocycles. The number of carbonyl (C=O) groups is 2. The van der Waals surface area contributed by atoms with Crippen LogP contribution in [0.4, 0.5) is 0 Å². The van der Waals surface area contributed by atoms with Crippen LogP contribution < -0.4 is 0 Å². The van der Waals surface area contributed by atoms with E-state index in [0.717, 1.165) is 36.8 Å². The van der Waals surface area contributed by atoms with Gasteiger partial charge in [-0.1, -0.05) is 20.8 Å². The maximum absolute atomic E-state index is 11.0. The van der Waals surface area contributed by atoms with Crippen molar-refractivity contribution in [1.29, 1.82) is 0 Å². The topological polar surface area (TPSA) is 74.6 Å². The average molecular weight is 280 g/mol. The lowest BCUT2D eigenvalue weighted by Crippen LogP contribution is -2.08. The van der Waals surface area contributed by atoms with Gasteiger partial charge in [0.2, 0.25) is 0 Å². The van der Waals surface area contributed by atoms with Crippen molar-refractivity contribution < 1.29 is 19.8 Å². The number of hydrogen-bond acceptors (Lipinski definition) is 4. The molecule has 0 aliphatic heterocycles. The number of allylic oxidation sites excluding steroid dienone is 4. The second kappa shape index (κ2) is 6.73. The molecule has 0 bridgehead atoms. The van der Waals surface area contributed by atoms with E-state index in [1.54, 1.807) is 0 Å². The Hall–Kier alpha value is -1.58. The molecule has 112 valence electrons. The van der Waals surface area contributed by atoms with Crippen LogP contribution in [0.2, 0.25) is 0 Å². The number of aliphatic hydroxyl groups excluding tert-OH is 2. The van der Waals surface area contributed by atoms with Crippen molar-refractivity contribution in [2.75, 3.05) is 0 Å². The molecular formula is C16H24O4. The SMILES string of the molecule is CCC1=C(O)C(=O)C(C)C1.CCC1CC(C)=C(O)C1=O. The van der Waals surface area contributed by atoms with Gasteiger partial charge in [-0.15, -0.1) is 0 Å². The Morgan fingerprint density at radius 3 is 1.85 bits per heavy atom. The van der Waals surface area contributed by atoms with Gasteiger partial charge in [-0.05, 0) is 43.8 Å². The van der Waals surface area contributed by atoms with Gasteiger partial charge in [0.05, 0.1) is 0 Å². The summed E-state index contributed by atoms with van der Waals surface area (Å²) in [5.41, 5.74) is 1.76. The van der Waals surface area contributed by atoms with Crippen molar-refractivity contribution in [2.45, 2.75) is 53.4 Å². The van der Waals surface area contributed by atoms with E-state index in [-0.39, 0.29) is 34.9 Å². The third kappa shape index (κ3) is 3.30. The second-order valence-corrected chi connectivity index (χ2v) is 5.58. The first kappa shape index (κ1) is 16.5. The van der Waals surface area contributed by atoms with Crippen LogP contribution in [0.1, 0.15) is 53.4 Å². The zero-order chi connectivity index (χ0) is 15.4. The van der Waals surface area contributed by atoms with Gasteiger partial charge in [0.15, 0.2) is 23.1 Å². The molecule has 0 fully saturated rings. The highest BCUT2D eigenvalue weighted by molar-refractivity contribution is 5.98. The van der Waals surface area contributed by atoms with Crippen LogP contribution in [0, 0.1) is 11.8 Å². The molecule has 0 spiro atoms. The summed E-state index contributed by atoms with van der Waals surface area (Å²) in [6.07, 6.45) is 3.13.